The second-order valence-corrected chi connectivity index (χ2v) is 8.46. The van der Waals surface area contributed by atoms with Gasteiger partial charge >= 0.3 is 12.1 Å². The Morgan fingerprint density at radius 3 is 1.90 bits per heavy atom. The average molecular weight is 448 g/mol. The normalized spacial score (nSPS) is 11.8. The molecule has 0 heterocycles. The molecule has 0 aliphatic heterocycles. The molecule has 0 spiro atoms. The van der Waals surface area contributed by atoms with Gasteiger partial charge in [-0.05, 0) is 17.5 Å². The van der Waals surface area contributed by atoms with Crippen molar-refractivity contribution < 1.29 is 32.3 Å². The van der Waals surface area contributed by atoms with E-state index in [0.29, 0.717) is 0 Å². The van der Waals surface area contributed by atoms with Gasteiger partial charge in [-0.3, -0.25) is 9.52 Å². The molecule has 0 aliphatic rings. The molecule has 10 heteroatoms. The Morgan fingerprint density at radius 1 is 0.871 bits per heavy atom. The minimum atomic E-state index is -3.97. The topological polar surface area (TPSA) is 128 Å². The number of rotatable bonds is 10. The standard InChI is InChI=1S/C21H24N2O7S/c1-16(24)23-31(27,28)13-12-19(20(25)29-14-17-8-4-2-5-9-17)22-21(26)30-15-18-10-6-3-7-11-18/h2-11,19H,12-15H2,1H3,(H,22,26)(H,23,24). The summed E-state index contributed by atoms with van der Waals surface area (Å²) in [6.45, 7) is 0.986. The Morgan fingerprint density at radius 2 is 1.39 bits per heavy atom. The van der Waals surface area contributed by atoms with Crippen LogP contribution in [-0.2, 0) is 42.3 Å². The first-order valence-corrected chi connectivity index (χ1v) is 11.1. The van der Waals surface area contributed by atoms with Crippen LogP contribution in [0.25, 0.3) is 0 Å². The smallest absolute Gasteiger partial charge is 0.408 e. The van der Waals surface area contributed by atoms with E-state index in [1.807, 2.05) is 16.9 Å². The van der Waals surface area contributed by atoms with E-state index in [4.69, 9.17) is 9.47 Å². The molecule has 1 atom stereocenters. The summed E-state index contributed by atoms with van der Waals surface area (Å²) in [4.78, 5) is 35.7. The summed E-state index contributed by atoms with van der Waals surface area (Å²) in [5.74, 6) is -2.15. The van der Waals surface area contributed by atoms with Crippen molar-refractivity contribution in [2.75, 3.05) is 5.75 Å². The van der Waals surface area contributed by atoms with E-state index in [9.17, 15) is 22.8 Å². The summed E-state index contributed by atoms with van der Waals surface area (Å²) in [5, 5.41) is 2.34. The molecule has 0 saturated carbocycles. The molecule has 2 aromatic rings. The number of carbonyl (C=O) groups excluding carboxylic acids is 3. The SMILES string of the molecule is CC(=O)NS(=O)(=O)CCC(NC(=O)OCc1ccccc1)C(=O)OCc1ccccc1. The molecule has 31 heavy (non-hydrogen) atoms. The zero-order chi connectivity index (χ0) is 22.7. The van der Waals surface area contributed by atoms with Crippen molar-refractivity contribution in [3.63, 3.8) is 0 Å². The van der Waals surface area contributed by atoms with Gasteiger partial charge in [0.1, 0.15) is 19.3 Å². The van der Waals surface area contributed by atoms with Crippen molar-refractivity contribution in [3.05, 3.63) is 71.8 Å². The van der Waals surface area contributed by atoms with Crippen LogP contribution in [0.1, 0.15) is 24.5 Å². The largest absolute Gasteiger partial charge is 0.459 e. The van der Waals surface area contributed by atoms with Crippen LogP contribution >= 0.6 is 0 Å². The van der Waals surface area contributed by atoms with Gasteiger partial charge in [-0.1, -0.05) is 60.7 Å². The van der Waals surface area contributed by atoms with Crippen molar-refractivity contribution in [1.82, 2.24) is 10.0 Å². The summed E-state index contributed by atoms with van der Waals surface area (Å²) in [6, 6.07) is 16.5. The van der Waals surface area contributed by atoms with Crippen LogP contribution in [0.2, 0.25) is 0 Å². The first-order chi connectivity index (χ1) is 14.7. The highest BCUT2D eigenvalue weighted by Gasteiger charge is 2.26. The molecule has 166 valence electrons. The molecule has 0 radical (unpaired) electrons. The second-order valence-electron chi connectivity index (χ2n) is 6.62. The summed E-state index contributed by atoms with van der Waals surface area (Å²) in [5.41, 5.74) is 1.47. The third kappa shape index (κ3) is 9.30. The van der Waals surface area contributed by atoms with Crippen molar-refractivity contribution in [1.29, 1.82) is 0 Å². The lowest BCUT2D eigenvalue weighted by Gasteiger charge is -2.18. The molecule has 0 fully saturated rings. The fourth-order valence-electron chi connectivity index (χ4n) is 2.53. The number of amides is 2. The Kier molecular flexibility index (Phi) is 9.01. The number of nitrogens with one attached hydrogen (secondary N) is 2. The molecule has 0 saturated heterocycles. The van der Waals surface area contributed by atoms with E-state index in [1.165, 1.54) is 0 Å². The third-order valence-corrected chi connectivity index (χ3v) is 5.36. The van der Waals surface area contributed by atoms with E-state index in [-0.39, 0.29) is 19.6 Å². The fourth-order valence-corrected chi connectivity index (χ4v) is 3.61. The zero-order valence-corrected chi connectivity index (χ0v) is 17.8. The number of alkyl carbamates (subject to hydrolysis) is 1. The first kappa shape index (κ1) is 23.9. The summed E-state index contributed by atoms with van der Waals surface area (Å²) in [6.07, 6.45) is -1.21. The number of sulfonamides is 1. The maximum atomic E-state index is 12.5. The van der Waals surface area contributed by atoms with Gasteiger partial charge in [0.25, 0.3) is 0 Å². The monoisotopic (exact) mass is 448 g/mol. The molecule has 2 aromatic carbocycles. The van der Waals surface area contributed by atoms with Crippen LogP contribution < -0.4 is 10.0 Å². The Labute approximate surface area is 180 Å². The molecule has 2 amide bonds. The van der Waals surface area contributed by atoms with E-state index in [1.54, 1.807) is 48.5 Å². The highest BCUT2D eigenvalue weighted by molar-refractivity contribution is 7.90. The van der Waals surface area contributed by atoms with E-state index < -0.39 is 39.8 Å². The predicted octanol–water partition coefficient (Wildman–Crippen LogP) is 1.88. The van der Waals surface area contributed by atoms with Gasteiger partial charge in [0.05, 0.1) is 5.75 Å². The van der Waals surface area contributed by atoms with Gasteiger partial charge in [0.2, 0.25) is 15.9 Å². The predicted molar refractivity (Wildman–Crippen MR) is 112 cm³/mol. The molecule has 1 unspecified atom stereocenters. The van der Waals surface area contributed by atoms with Crippen molar-refractivity contribution in [2.45, 2.75) is 32.6 Å². The minimum Gasteiger partial charge on any atom is -0.459 e. The quantitative estimate of drug-likeness (QED) is 0.531. The van der Waals surface area contributed by atoms with Crippen molar-refractivity contribution in [2.24, 2.45) is 0 Å². The van der Waals surface area contributed by atoms with Gasteiger partial charge in [-0.2, -0.15) is 0 Å². The maximum absolute atomic E-state index is 12.5. The molecule has 9 nitrogen and oxygen atoms in total. The fraction of sp³-hybridized carbons (Fsp3) is 0.286. The number of carbonyl (C=O) groups is 3. The Bertz CT molecular complexity index is 979. The molecule has 2 N–H and O–H groups in total. The second kappa shape index (κ2) is 11.7. The first-order valence-electron chi connectivity index (χ1n) is 9.44. The number of ether oxygens (including phenoxy) is 2. The lowest BCUT2D eigenvalue weighted by molar-refractivity contribution is -0.147. The van der Waals surface area contributed by atoms with Gasteiger partial charge in [-0.25, -0.2) is 18.0 Å². The van der Waals surface area contributed by atoms with Crippen LogP contribution in [-0.4, -0.2) is 38.2 Å². The van der Waals surface area contributed by atoms with Gasteiger partial charge in [0, 0.05) is 6.92 Å². The number of esters is 1. The van der Waals surface area contributed by atoms with Crippen LogP contribution in [0.15, 0.2) is 60.7 Å². The van der Waals surface area contributed by atoms with E-state index in [0.717, 1.165) is 18.1 Å². The van der Waals surface area contributed by atoms with Gasteiger partial charge in [0.15, 0.2) is 0 Å². The van der Waals surface area contributed by atoms with Crippen molar-refractivity contribution >= 4 is 28.0 Å². The molecule has 0 aromatic heterocycles. The maximum Gasteiger partial charge on any atom is 0.408 e. The highest BCUT2D eigenvalue weighted by Crippen LogP contribution is 2.06. The Balaban J connectivity index is 1.98. The lowest BCUT2D eigenvalue weighted by atomic mass is 10.2. The molecular weight excluding hydrogens is 424 g/mol. The van der Waals surface area contributed by atoms with Crippen LogP contribution in [0.5, 0.6) is 0 Å². The van der Waals surface area contributed by atoms with Gasteiger partial charge in [-0.15, -0.1) is 0 Å². The summed E-state index contributed by atoms with van der Waals surface area (Å²) < 4.78 is 35.9. The number of hydrogen-bond donors (Lipinski definition) is 2. The van der Waals surface area contributed by atoms with Crippen LogP contribution in [0, 0.1) is 0 Å². The Hall–Kier alpha value is -3.40. The van der Waals surface area contributed by atoms with E-state index in [2.05, 4.69) is 5.32 Å². The van der Waals surface area contributed by atoms with Crippen LogP contribution in [0.4, 0.5) is 4.79 Å². The summed E-state index contributed by atoms with van der Waals surface area (Å²) in [7, 11) is -3.97. The van der Waals surface area contributed by atoms with Crippen molar-refractivity contribution in [3.8, 4) is 0 Å². The zero-order valence-electron chi connectivity index (χ0n) is 16.9. The highest BCUT2D eigenvalue weighted by atomic mass is 32.2. The molecule has 0 bridgehead atoms. The average Bonchev–Trinajstić information content (AvgIpc) is 2.74. The molecule has 2 rings (SSSR count). The van der Waals surface area contributed by atoms with Crippen LogP contribution in [0.3, 0.4) is 0 Å². The lowest BCUT2D eigenvalue weighted by Crippen LogP contribution is -2.44. The number of benzene rings is 2. The van der Waals surface area contributed by atoms with E-state index >= 15 is 0 Å². The molecule has 0 aliphatic carbocycles. The molecular formula is C21H24N2O7S. The summed E-state index contributed by atoms with van der Waals surface area (Å²) >= 11 is 0. The van der Waals surface area contributed by atoms with Gasteiger partial charge < -0.3 is 14.8 Å². The number of hydrogen-bond acceptors (Lipinski definition) is 7. The minimum absolute atomic E-state index is 0.0252. The third-order valence-electron chi connectivity index (χ3n) is 3.99.